The molecule has 0 fully saturated rings. The summed E-state index contributed by atoms with van der Waals surface area (Å²) in [6.45, 7) is 4.54. The Kier molecular flexibility index (Phi) is 3.31. The van der Waals surface area contributed by atoms with Crippen molar-refractivity contribution >= 4 is 5.91 Å². The maximum absolute atomic E-state index is 11.3. The topological polar surface area (TPSA) is 42.2 Å². The van der Waals surface area contributed by atoms with Crippen LogP contribution in [-0.2, 0) is 0 Å². The molecule has 70 valence electrons. The van der Waals surface area contributed by atoms with Crippen molar-refractivity contribution < 1.29 is 9.21 Å². The van der Waals surface area contributed by atoms with Gasteiger partial charge in [0.1, 0.15) is 6.26 Å². The van der Waals surface area contributed by atoms with Crippen molar-refractivity contribution in [2.24, 2.45) is 0 Å². The monoisotopic (exact) mass is 179 g/mol. The Hall–Kier alpha value is -1.51. The van der Waals surface area contributed by atoms with Crippen LogP contribution in [-0.4, -0.2) is 12.5 Å². The maximum Gasteiger partial charge on any atom is 0.254 e. The van der Waals surface area contributed by atoms with Gasteiger partial charge in [-0.1, -0.05) is 11.6 Å². The van der Waals surface area contributed by atoms with Gasteiger partial charge in [0.25, 0.3) is 5.91 Å². The fourth-order valence-corrected chi connectivity index (χ4v) is 0.844. The Balaban J connectivity index is 2.39. The van der Waals surface area contributed by atoms with Gasteiger partial charge >= 0.3 is 0 Å². The summed E-state index contributed by atoms with van der Waals surface area (Å²) in [4.78, 5) is 11.3. The standard InChI is InChI=1S/C10H13NO2/c1-8(2)3-5-11-10(12)9-4-6-13-7-9/h3-4,6-7H,5H2,1-2H3,(H,11,12). The Morgan fingerprint density at radius 2 is 2.38 bits per heavy atom. The summed E-state index contributed by atoms with van der Waals surface area (Å²) in [6, 6.07) is 1.64. The van der Waals surface area contributed by atoms with E-state index in [1.54, 1.807) is 6.07 Å². The van der Waals surface area contributed by atoms with E-state index in [4.69, 9.17) is 4.42 Å². The van der Waals surface area contributed by atoms with Crippen molar-refractivity contribution in [1.82, 2.24) is 5.32 Å². The number of amides is 1. The second-order valence-electron chi connectivity index (χ2n) is 3.00. The van der Waals surface area contributed by atoms with Crippen LogP contribution in [0.5, 0.6) is 0 Å². The minimum Gasteiger partial charge on any atom is -0.472 e. The Morgan fingerprint density at radius 3 is 2.92 bits per heavy atom. The van der Waals surface area contributed by atoms with Gasteiger partial charge in [-0.05, 0) is 19.9 Å². The predicted molar refractivity (Wildman–Crippen MR) is 50.5 cm³/mol. The van der Waals surface area contributed by atoms with Gasteiger partial charge in [0.2, 0.25) is 0 Å². The minimum atomic E-state index is -0.105. The second-order valence-corrected chi connectivity index (χ2v) is 3.00. The van der Waals surface area contributed by atoms with Crippen molar-refractivity contribution in [2.75, 3.05) is 6.54 Å². The Morgan fingerprint density at radius 1 is 1.62 bits per heavy atom. The van der Waals surface area contributed by atoms with Crippen LogP contribution in [0.1, 0.15) is 24.2 Å². The normalized spacial score (nSPS) is 9.38. The van der Waals surface area contributed by atoms with Crippen LogP contribution >= 0.6 is 0 Å². The van der Waals surface area contributed by atoms with E-state index in [2.05, 4.69) is 5.32 Å². The van der Waals surface area contributed by atoms with E-state index in [1.165, 1.54) is 18.1 Å². The fourth-order valence-electron chi connectivity index (χ4n) is 0.844. The van der Waals surface area contributed by atoms with Gasteiger partial charge in [-0.3, -0.25) is 4.79 Å². The van der Waals surface area contributed by atoms with Crippen LogP contribution in [0.15, 0.2) is 34.7 Å². The molecule has 0 saturated carbocycles. The molecule has 13 heavy (non-hydrogen) atoms. The number of carbonyl (C=O) groups excluding carboxylic acids is 1. The molecule has 0 saturated heterocycles. The molecule has 0 aromatic carbocycles. The van der Waals surface area contributed by atoms with Crippen molar-refractivity contribution in [3.63, 3.8) is 0 Å². The van der Waals surface area contributed by atoms with Gasteiger partial charge in [-0.25, -0.2) is 0 Å². The van der Waals surface area contributed by atoms with Crippen molar-refractivity contribution in [3.8, 4) is 0 Å². The molecule has 0 aliphatic rings. The predicted octanol–water partition coefficient (Wildman–Crippen LogP) is 1.98. The quantitative estimate of drug-likeness (QED) is 0.721. The molecular weight excluding hydrogens is 166 g/mol. The summed E-state index contributed by atoms with van der Waals surface area (Å²) in [5.41, 5.74) is 1.75. The largest absolute Gasteiger partial charge is 0.472 e. The molecule has 0 unspecified atom stereocenters. The summed E-state index contributed by atoms with van der Waals surface area (Å²) in [7, 11) is 0. The molecule has 0 aliphatic carbocycles. The molecule has 1 heterocycles. The SMILES string of the molecule is CC(C)=CCNC(=O)c1ccoc1. The first kappa shape index (κ1) is 9.58. The molecule has 0 radical (unpaired) electrons. The summed E-state index contributed by atoms with van der Waals surface area (Å²) in [5, 5.41) is 2.74. The third kappa shape index (κ3) is 3.15. The molecule has 1 aromatic rings. The number of rotatable bonds is 3. The first-order valence-electron chi connectivity index (χ1n) is 4.14. The average Bonchev–Trinajstić information content (AvgIpc) is 2.55. The zero-order valence-electron chi connectivity index (χ0n) is 7.83. The summed E-state index contributed by atoms with van der Waals surface area (Å²) in [6.07, 6.45) is 4.87. The van der Waals surface area contributed by atoms with Crippen molar-refractivity contribution in [3.05, 3.63) is 35.8 Å². The Labute approximate surface area is 77.4 Å². The van der Waals surface area contributed by atoms with Crippen molar-refractivity contribution in [2.45, 2.75) is 13.8 Å². The number of allylic oxidation sites excluding steroid dienone is 1. The summed E-state index contributed by atoms with van der Waals surface area (Å²) in [5.74, 6) is -0.105. The highest BCUT2D eigenvalue weighted by atomic mass is 16.3. The lowest BCUT2D eigenvalue weighted by atomic mass is 10.3. The highest BCUT2D eigenvalue weighted by Gasteiger charge is 2.03. The Bertz CT molecular complexity index is 295. The van der Waals surface area contributed by atoms with Crippen LogP contribution in [0.25, 0.3) is 0 Å². The highest BCUT2D eigenvalue weighted by Crippen LogP contribution is 1.98. The number of hydrogen-bond donors (Lipinski definition) is 1. The lowest BCUT2D eigenvalue weighted by Crippen LogP contribution is -2.22. The molecule has 1 aromatic heterocycles. The number of furan rings is 1. The zero-order valence-corrected chi connectivity index (χ0v) is 7.83. The third-order valence-corrected chi connectivity index (χ3v) is 1.56. The van der Waals surface area contributed by atoms with Crippen molar-refractivity contribution in [1.29, 1.82) is 0 Å². The lowest BCUT2D eigenvalue weighted by Gasteiger charge is -1.98. The van der Waals surface area contributed by atoms with Gasteiger partial charge in [0.05, 0.1) is 11.8 Å². The summed E-state index contributed by atoms with van der Waals surface area (Å²) < 4.78 is 4.79. The van der Waals surface area contributed by atoms with E-state index in [9.17, 15) is 4.79 Å². The van der Waals surface area contributed by atoms with Gasteiger partial charge in [-0.2, -0.15) is 0 Å². The van der Waals surface area contributed by atoms with E-state index >= 15 is 0 Å². The van der Waals surface area contributed by atoms with Crippen LogP contribution in [0.4, 0.5) is 0 Å². The van der Waals surface area contributed by atoms with Crippen LogP contribution in [0, 0.1) is 0 Å². The molecule has 3 heteroatoms. The zero-order chi connectivity index (χ0) is 9.68. The molecule has 0 atom stereocenters. The fraction of sp³-hybridized carbons (Fsp3) is 0.300. The maximum atomic E-state index is 11.3. The first-order chi connectivity index (χ1) is 6.20. The molecule has 0 spiro atoms. The second kappa shape index (κ2) is 4.50. The molecule has 3 nitrogen and oxygen atoms in total. The van der Waals surface area contributed by atoms with E-state index in [-0.39, 0.29) is 5.91 Å². The average molecular weight is 179 g/mol. The molecule has 1 amide bonds. The number of hydrogen-bond acceptors (Lipinski definition) is 2. The molecule has 0 aliphatic heterocycles. The van der Waals surface area contributed by atoms with Crippen LogP contribution in [0.3, 0.4) is 0 Å². The first-order valence-corrected chi connectivity index (χ1v) is 4.14. The molecule has 1 rings (SSSR count). The van der Waals surface area contributed by atoms with Crippen LogP contribution < -0.4 is 5.32 Å². The lowest BCUT2D eigenvalue weighted by molar-refractivity contribution is 0.0957. The van der Waals surface area contributed by atoms with E-state index in [0.29, 0.717) is 12.1 Å². The van der Waals surface area contributed by atoms with E-state index in [1.807, 2.05) is 19.9 Å². The smallest absolute Gasteiger partial charge is 0.254 e. The van der Waals surface area contributed by atoms with E-state index < -0.39 is 0 Å². The van der Waals surface area contributed by atoms with E-state index in [0.717, 1.165) is 0 Å². The van der Waals surface area contributed by atoms with Crippen LogP contribution in [0.2, 0.25) is 0 Å². The van der Waals surface area contributed by atoms with Gasteiger partial charge in [-0.15, -0.1) is 0 Å². The minimum absolute atomic E-state index is 0.105. The van der Waals surface area contributed by atoms with Gasteiger partial charge in [0.15, 0.2) is 0 Å². The molecule has 1 N–H and O–H groups in total. The molecular formula is C10H13NO2. The third-order valence-electron chi connectivity index (χ3n) is 1.56. The van der Waals surface area contributed by atoms with Gasteiger partial charge in [0, 0.05) is 6.54 Å². The summed E-state index contributed by atoms with van der Waals surface area (Å²) >= 11 is 0. The number of carbonyl (C=O) groups is 1. The molecule has 0 bridgehead atoms. The highest BCUT2D eigenvalue weighted by molar-refractivity contribution is 5.93. The van der Waals surface area contributed by atoms with Gasteiger partial charge < -0.3 is 9.73 Å². The number of nitrogens with one attached hydrogen (secondary N) is 1.